The molecule has 2 aromatic rings. The number of anilines is 1. The summed E-state index contributed by atoms with van der Waals surface area (Å²) >= 11 is 0. The number of morpholine rings is 1. The summed E-state index contributed by atoms with van der Waals surface area (Å²) < 4.78 is 19.7. The highest BCUT2D eigenvalue weighted by Crippen LogP contribution is 2.22. The zero-order valence-electron chi connectivity index (χ0n) is 13.7. The van der Waals surface area contributed by atoms with Crippen molar-refractivity contribution in [1.82, 2.24) is 15.1 Å². The second-order valence-corrected chi connectivity index (χ2v) is 6.10. The average molecular weight is 318 g/mol. The van der Waals surface area contributed by atoms with Crippen LogP contribution in [0, 0.1) is 12.7 Å². The summed E-state index contributed by atoms with van der Waals surface area (Å²) in [5, 5.41) is 7.17. The lowest BCUT2D eigenvalue weighted by Gasteiger charge is -2.29. The van der Waals surface area contributed by atoms with Gasteiger partial charge >= 0.3 is 0 Å². The van der Waals surface area contributed by atoms with E-state index in [4.69, 9.17) is 4.74 Å². The van der Waals surface area contributed by atoms with Crippen LogP contribution in [0.4, 0.5) is 10.1 Å². The summed E-state index contributed by atoms with van der Waals surface area (Å²) in [5.41, 5.74) is 3.68. The Labute approximate surface area is 136 Å². The van der Waals surface area contributed by atoms with Crippen LogP contribution in [0.3, 0.4) is 0 Å². The van der Waals surface area contributed by atoms with Crippen molar-refractivity contribution >= 4 is 5.69 Å². The van der Waals surface area contributed by atoms with Gasteiger partial charge in [-0.25, -0.2) is 4.39 Å². The predicted molar refractivity (Wildman–Crippen MR) is 87.9 cm³/mol. The summed E-state index contributed by atoms with van der Waals surface area (Å²) in [7, 11) is 2.01. The van der Waals surface area contributed by atoms with E-state index in [1.165, 1.54) is 0 Å². The molecule has 1 aromatic heterocycles. The van der Waals surface area contributed by atoms with Crippen molar-refractivity contribution in [2.24, 2.45) is 0 Å². The molecule has 0 atom stereocenters. The van der Waals surface area contributed by atoms with Crippen LogP contribution < -0.4 is 4.90 Å². The van der Waals surface area contributed by atoms with Crippen molar-refractivity contribution in [1.29, 1.82) is 0 Å². The minimum atomic E-state index is -0.159. The number of halogens is 1. The van der Waals surface area contributed by atoms with Crippen molar-refractivity contribution in [2.75, 3.05) is 38.3 Å². The topological polar surface area (TPSA) is 44.4 Å². The Morgan fingerprint density at radius 3 is 2.70 bits per heavy atom. The van der Waals surface area contributed by atoms with Crippen molar-refractivity contribution in [3.8, 4) is 0 Å². The summed E-state index contributed by atoms with van der Waals surface area (Å²) in [6.45, 7) is 6.21. The first kappa shape index (κ1) is 16.0. The molecule has 124 valence electrons. The van der Waals surface area contributed by atoms with E-state index in [-0.39, 0.29) is 5.82 Å². The molecule has 0 saturated carbocycles. The Kier molecular flexibility index (Phi) is 4.93. The number of hydrogen-bond acceptors (Lipinski definition) is 4. The van der Waals surface area contributed by atoms with Gasteiger partial charge in [-0.2, -0.15) is 5.10 Å². The van der Waals surface area contributed by atoms with Crippen molar-refractivity contribution in [3.05, 3.63) is 47.0 Å². The highest BCUT2D eigenvalue weighted by molar-refractivity contribution is 5.49. The summed E-state index contributed by atoms with van der Waals surface area (Å²) in [6, 6.07) is 7.54. The van der Waals surface area contributed by atoms with Gasteiger partial charge in [-0.05, 0) is 37.7 Å². The third-order valence-corrected chi connectivity index (χ3v) is 4.01. The lowest BCUT2D eigenvalue weighted by Crippen LogP contribution is -2.36. The highest BCUT2D eigenvalue weighted by atomic mass is 19.1. The van der Waals surface area contributed by atoms with Crippen LogP contribution in [0.1, 0.15) is 17.0 Å². The maximum atomic E-state index is 14.4. The fourth-order valence-corrected chi connectivity index (χ4v) is 2.91. The molecular weight excluding hydrogens is 295 g/mol. The minimum absolute atomic E-state index is 0.159. The molecule has 1 N–H and O–H groups in total. The van der Waals surface area contributed by atoms with E-state index in [2.05, 4.69) is 15.1 Å². The van der Waals surface area contributed by atoms with E-state index in [0.29, 0.717) is 25.4 Å². The number of ether oxygens (including phenoxy) is 1. The summed E-state index contributed by atoms with van der Waals surface area (Å²) in [6.07, 6.45) is 0. The van der Waals surface area contributed by atoms with Crippen LogP contribution in [-0.2, 0) is 17.8 Å². The van der Waals surface area contributed by atoms with Crippen LogP contribution in [-0.4, -0.2) is 48.4 Å². The van der Waals surface area contributed by atoms with Crippen LogP contribution in [0.15, 0.2) is 24.3 Å². The number of H-pyrrole nitrogens is 1. The Morgan fingerprint density at radius 2 is 2.04 bits per heavy atom. The van der Waals surface area contributed by atoms with Gasteiger partial charge in [-0.3, -0.25) is 10.00 Å². The van der Waals surface area contributed by atoms with Gasteiger partial charge in [0.15, 0.2) is 0 Å². The molecule has 3 rings (SSSR count). The van der Waals surface area contributed by atoms with Crippen LogP contribution >= 0.6 is 0 Å². The third kappa shape index (κ3) is 4.09. The van der Waals surface area contributed by atoms with Crippen molar-refractivity contribution in [2.45, 2.75) is 20.0 Å². The number of aromatic amines is 1. The Morgan fingerprint density at radius 1 is 1.26 bits per heavy atom. The van der Waals surface area contributed by atoms with Gasteiger partial charge in [-0.15, -0.1) is 0 Å². The van der Waals surface area contributed by atoms with Crippen LogP contribution in [0.25, 0.3) is 0 Å². The molecule has 0 aliphatic carbocycles. The lowest BCUT2D eigenvalue weighted by molar-refractivity contribution is 0.122. The van der Waals surface area contributed by atoms with Crippen molar-refractivity contribution in [3.63, 3.8) is 0 Å². The molecule has 6 heteroatoms. The van der Waals surface area contributed by atoms with E-state index in [1.54, 1.807) is 6.07 Å². The highest BCUT2D eigenvalue weighted by Gasteiger charge is 2.15. The molecule has 1 aliphatic rings. The van der Waals surface area contributed by atoms with Gasteiger partial charge in [0.25, 0.3) is 0 Å². The third-order valence-electron chi connectivity index (χ3n) is 4.01. The second-order valence-electron chi connectivity index (χ2n) is 6.10. The largest absolute Gasteiger partial charge is 0.378 e. The molecule has 0 bridgehead atoms. The first-order valence-electron chi connectivity index (χ1n) is 7.92. The lowest BCUT2D eigenvalue weighted by atomic mass is 10.1. The maximum Gasteiger partial charge on any atom is 0.146 e. The number of aromatic nitrogens is 2. The monoisotopic (exact) mass is 318 g/mol. The predicted octanol–water partition coefficient (Wildman–Crippen LogP) is 2.33. The molecule has 1 fully saturated rings. The number of nitrogens with one attached hydrogen (secondary N) is 1. The molecule has 0 radical (unpaired) electrons. The molecule has 23 heavy (non-hydrogen) atoms. The first-order valence-corrected chi connectivity index (χ1v) is 7.92. The molecule has 1 aromatic carbocycles. The number of rotatable bonds is 5. The average Bonchev–Trinajstić information content (AvgIpc) is 2.93. The van der Waals surface area contributed by atoms with Crippen molar-refractivity contribution < 1.29 is 9.13 Å². The van der Waals surface area contributed by atoms with Gasteiger partial charge < -0.3 is 9.64 Å². The van der Waals surface area contributed by atoms with Gasteiger partial charge in [0, 0.05) is 31.9 Å². The van der Waals surface area contributed by atoms with Gasteiger partial charge in [0.2, 0.25) is 0 Å². The molecule has 5 nitrogen and oxygen atoms in total. The molecule has 2 heterocycles. The molecule has 1 aliphatic heterocycles. The van der Waals surface area contributed by atoms with E-state index < -0.39 is 0 Å². The Balaban J connectivity index is 1.62. The van der Waals surface area contributed by atoms with Crippen LogP contribution in [0.5, 0.6) is 0 Å². The Hall–Kier alpha value is -1.92. The van der Waals surface area contributed by atoms with E-state index >= 15 is 0 Å². The number of nitrogens with zero attached hydrogens (tertiary/aromatic N) is 3. The Bertz CT molecular complexity index is 652. The molecule has 1 saturated heterocycles. The van der Waals surface area contributed by atoms with Crippen LogP contribution in [0.2, 0.25) is 0 Å². The number of hydrogen-bond donors (Lipinski definition) is 1. The van der Waals surface area contributed by atoms with E-state index in [0.717, 1.165) is 36.6 Å². The second kappa shape index (κ2) is 7.10. The molecule has 0 spiro atoms. The van der Waals surface area contributed by atoms with Gasteiger partial charge in [-0.1, -0.05) is 6.07 Å². The first-order chi connectivity index (χ1) is 11.1. The minimum Gasteiger partial charge on any atom is -0.378 e. The number of aryl methyl sites for hydroxylation is 1. The standard InChI is InChI=1S/C17H23FN4O/c1-13-9-15(20-19-13)12-21(2)11-14-3-4-17(16(18)10-14)22-5-7-23-8-6-22/h3-4,9-10H,5-8,11-12H2,1-2H3,(H,19,20). The SMILES string of the molecule is Cc1cc(CN(C)Cc2ccc(N3CCOCC3)c(F)c2)n[nH]1. The quantitative estimate of drug-likeness (QED) is 0.919. The zero-order chi connectivity index (χ0) is 16.2. The maximum absolute atomic E-state index is 14.4. The zero-order valence-corrected chi connectivity index (χ0v) is 13.7. The van der Waals surface area contributed by atoms with E-state index in [1.807, 2.05) is 37.1 Å². The van der Waals surface area contributed by atoms with Gasteiger partial charge in [0.05, 0.1) is 24.6 Å². The van der Waals surface area contributed by atoms with Gasteiger partial charge in [0.1, 0.15) is 5.82 Å². The number of benzene rings is 1. The normalized spacial score (nSPS) is 15.4. The summed E-state index contributed by atoms with van der Waals surface area (Å²) in [5.74, 6) is -0.159. The molecule has 0 amide bonds. The fraction of sp³-hybridized carbons (Fsp3) is 0.471. The molecular formula is C17H23FN4O. The summed E-state index contributed by atoms with van der Waals surface area (Å²) in [4.78, 5) is 4.16. The van der Waals surface area contributed by atoms with E-state index in [9.17, 15) is 4.39 Å². The smallest absolute Gasteiger partial charge is 0.146 e. The fourth-order valence-electron chi connectivity index (χ4n) is 2.91. The molecule has 0 unspecified atom stereocenters.